The van der Waals surface area contributed by atoms with E-state index in [1.165, 1.54) is 0 Å². The molecule has 0 amide bonds. The van der Waals surface area contributed by atoms with E-state index >= 15 is 0 Å². The molecule has 0 saturated heterocycles. The summed E-state index contributed by atoms with van der Waals surface area (Å²) in [6.07, 6.45) is 3.70. The van der Waals surface area contributed by atoms with Gasteiger partial charge in [0.05, 0.1) is 7.11 Å². The van der Waals surface area contributed by atoms with E-state index in [9.17, 15) is 10.2 Å². The Morgan fingerprint density at radius 1 is 0.889 bits per heavy atom. The first-order chi connectivity index (χ1) is 8.67. The van der Waals surface area contributed by atoms with Gasteiger partial charge in [0.25, 0.3) is 0 Å². The van der Waals surface area contributed by atoms with Crippen LogP contribution in [0.5, 0.6) is 17.2 Å². The predicted octanol–water partition coefficient (Wildman–Crippen LogP) is 3.28. The summed E-state index contributed by atoms with van der Waals surface area (Å²) in [5.41, 5.74) is 1.72. The van der Waals surface area contributed by atoms with Gasteiger partial charge >= 0.3 is 0 Å². The summed E-state index contributed by atoms with van der Waals surface area (Å²) in [7, 11) is 1.55. The normalized spacial score (nSPS) is 10.7. The molecule has 2 aromatic carbocycles. The first-order valence-corrected chi connectivity index (χ1v) is 5.52. The van der Waals surface area contributed by atoms with Crippen LogP contribution < -0.4 is 4.74 Å². The molecule has 92 valence electrons. The standard InChI is InChI=1S/C15H14O3/c1-18-15-9-12(8-14(17)10-15)6-5-11-3-2-4-13(16)7-11/h2-10,16-17H,1H3/b6-5+. The molecule has 0 spiro atoms. The van der Waals surface area contributed by atoms with Crippen LogP contribution in [0, 0.1) is 0 Å². The van der Waals surface area contributed by atoms with E-state index < -0.39 is 0 Å². The monoisotopic (exact) mass is 242 g/mol. The van der Waals surface area contributed by atoms with Crippen molar-refractivity contribution in [1.82, 2.24) is 0 Å². The number of phenolic OH excluding ortho intramolecular Hbond substituents is 2. The van der Waals surface area contributed by atoms with Crippen LogP contribution >= 0.6 is 0 Å². The number of hydrogen-bond donors (Lipinski definition) is 2. The largest absolute Gasteiger partial charge is 0.508 e. The molecule has 2 rings (SSSR count). The van der Waals surface area contributed by atoms with E-state index in [2.05, 4.69) is 0 Å². The van der Waals surface area contributed by atoms with Gasteiger partial charge in [-0.1, -0.05) is 24.3 Å². The second-order valence-electron chi connectivity index (χ2n) is 3.89. The molecule has 3 heteroatoms. The smallest absolute Gasteiger partial charge is 0.123 e. The predicted molar refractivity (Wildman–Crippen MR) is 71.7 cm³/mol. The van der Waals surface area contributed by atoms with E-state index in [1.54, 1.807) is 37.4 Å². The summed E-state index contributed by atoms with van der Waals surface area (Å²) in [5.74, 6) is 0.987. The fourth-order valence-electron chi connectivity index (χ4n) is 1.64. The number of aromatic hydroxyl groups is 2. The summed E-state index contributed by atoms with van der Waals surface area (Å²) in [6.45, 7) is 0. The highest BCUT2D eigenvalue weighted by Crippen LogP contribution is 2.23. The van der Waals surface area contributed by atoms with E-state index in [0.717, 1.165) is 11.1 Å². The lowest BCUT2D eigenvalue weighted by Crippen LogP contribution is -1.83. The van der Waals surface area contributed by atoms with Crippen LogP contribution in [0.25, 0.3) is 12.2 Å². The van der Waals surface area contributed by atoms with Crippen molar-refractivity contribution in [2.45, 2.75) is 0 Å². The number of ether oxygens (including phenoxy) is 1. The van der Waals surface area contributed by atoms with Crippen molar-refractivity contribution in [3.8, 4) is 17.2 Å². The summed E-state index contributed by atoms with van der Waals surface area (Å²) in [5, 5.41) is 18.9. The van der Waals surface area contributed by atoms with Gasteiger partial charge in [0, 0.05) is 6.07 Å². The second-order valence-corrected chi connectivity index (χ2v) is 3.89. The van der Waals surface area contributed by atoms with E-state index in [-0.39, 0.29) is 11.5 Å². The Morgan fingerprint density at radius 3 is 2.33 bits per heavy atom. The van der Waals surface area contributed by atoms with Gasteiger partial charge in [-0.05, 0) is 35.4 Å². The molecule has 0 fully saturated rings. The number of rotatable bonds is 3. The van der Waals surface area contributed by atoms with E-state index in [0.29, 0.717) is 5.75 Å². The van der Waals surface area contributed by atoms with Crippen LogP contribution in [-0.4, -0.2) is 17.3 Å². The zero-order valence-corrected chi connectivity index (χ0v) is 10.00. The lowest BCUT2D eigenvalue weighted by Gasteiger charge is -2.02. The molecule has 18 heavy (non-hydrogen) atoms. The minimum Gasteiger partial charge on any atom is -0.508 e. The third-order valence-corrected chi connectivity index (χ3v) is 2.49. The maximum absolute atomic E-state index is 9.51. The van der Waals surface area contributed by atoms with Crippen molar-refractivity contribution in [1.29, 1.82) is 0 Å². The highest BCUT2D eigenvalue weighted by Gasteiger charge is 1.97. The highest BCUT2D eigenvalue weighted by molar-refractivity contribution is 5.71. The van der Waals surface area contributed by atoms with Gasteiger partial charge in [-0.2, -0.15) is 0 Å². The van der Waals surface area contributed by atoms with E-state index in [1.807, 2.05) is 24.3 Å². The number of benzene rings is 2. The molecule has 3 nitrogen and oxygen atoms in total. The summed E-state index contributed by atoms with van der Waals surface area (Å²) >= 11 is 0. The second kappa shape index (κ2) is 5.27. The molecule has 0 saturated carbocycles. The van der Waals surface area contributed by atoms with E-state index in [4.69, 9.17) is 4.74 Å². The summed E-state index contributed by atoms with van der Waals surface area (Å²) in [6, 6.07) is 12.0. The lowest BCUT2D eigenvalue weighted by atomic mass is 10.1. The van der Waals surface area contributed by atoms with Gasteiger partial charge in [-0.25, -0.2) is 0 Å². The number of hydrogen-bond acceptors (Lipinski definition) is 3. The summed E-state index contributed by atoms with van der Waals surface area (Å²) < 4.78 is 5.07. The van der Waals surface area contributed by atoms with Crippen LogP contribution in [0.15, 0.2) is 42.5 Å². The zero-order chi connectivity index (χ0) is 13.0. The average molecular weight is 242 g/mol. The zero-order valence-electron chi connectivity index (χ0n) is 10.00. The van der Waals surface area contributed by atoms with Crippen LogP contribution in [-0.2, 0) is 0 Å². The Bertz CT molecular complexity index is 574. The molecule has 0 aliphatic carbocycles. The average Bonchev–Trinajstić information content (AvgIpc) is 2.36. The van der Waals surface area contributed by atoms with Crippen molar-refractivity contribution in [2.24, 2.45) is 0 Å². The molecule has 0 unspecified atom stereocenters. The first kappa shape index (κ1) is 12.0. The molecule has 0 aromatic heterocycles. The number of methoxy groups -OCH3 is 1. The molecule has 0 aliphatic heterocycles. The molecule has 0 radical (unpaired) electrons. The van der Waals surface area contributed by atoms with Crippen LogP contribution in [0.2, 0.25) is 0 Å². The molecule has 0 bridgehead atoms. The van der Waals surface area contributed by atoms with Crippen LogP contribution in [0.4, 0.5) is 0 Å². The highest BCUT2D eigenvalue weighted by atomic mass is 16.5. The molecule has 0 atom stereocenters. The van der Waals surface area contributed by atoms with Crippen molar-refractivity contribution in [3.05, 3.63) is 53.6 Å². The lowest BCUT2D eigenvalue weighted by molar-refractivity contribution is 0.407. The minimum atomic E-state index is 0.157. The molecule has 0 heterocycles. The van der Waals surface area contributed by atoms with Crippen LogP contribution in [0.1, 0.15) is 11.1 Å². The fourth-order valence-corrected chi connectivity index (χ4v) is 1.64. The van der Waals surface area contributed by atoms with Gasteiger partial charge < -0.3 is 14.9 Å². The SMILES string of the molecule is COc1cc(O)cc(/C=C/c2cccc(O)c2)c1. The number of phenols is 2. The topological polar surface area (TPSA) is 49.7 Å². The van der Waals surface area contributed by atoms with Crippen molar-refractivity contribution in [3.63, 3.8) is 0 Å². The Labute approximate surface area is 106 Å². The molecule has 2 N–H and O–H groups in total. The third kappa shape index (κ3) is 3.04. The van der Waals surface area contributed by atoms with Gasteiger partial charge in [0.2, 0.25) is 0 Å². The first-order valence-electron chi connectivity index (χ1n) is 5.52. The maximum atomic E-state index is 9.51. The van der Waals surface area contributed by atoms with Gasteiger partial charge in [-0.3, -0.25) is 0 Å². The van der Waals surface area contributed by atoms with Crippen LogP contribution in [0.3, 0.4) is 0 Å². The molecular formula is C15H14O3. The summed E-state index contributed by atoms with van der Waals surface area (Å²) in [4.78, 5) is 0. The Hall–Kier alpha value is -2.42. The van der Waals surface area contributed by atoms with Crippen molar-refractivity contribution in [2.75, 3.05) is 7.11 Å². The Morgan fingerprint density at radius 2 is 1.61 bits per heavy atom. The minimum absolute atomic E-state index is 0.157. The fraction of sp³-hybridized carbons (Fsp3) is 0.0667. The molecule has 2 aromatic rings. The Kier molecular flexibility index (Phi) is 3.53. The molecule has 0 aliphatic rings. The van der Waals surface area contributed by atoms with Crippen molar-refractivity contribution >= 4 is 12.2 Å². The maximum Gasteiger partial charge on any atom is 0.123 e. The van der Waals surface area contributed by atoms with Gasteiger partial charge in [-0.15, -0.1) is 0 Å². The Balaban J connectivity index is 2.25. The van der Waals surface area contributed by atoms with Crippen molar-refractivity contribution < 1.29 is 14.9 Å². The molecular weight excluding hydrogens is 228 g/mol. The van der Waals surface area contributed by atoms with Gasteiger partial charge in [0.1, 0.15) is 17.2 Å². The quantitative estimate of drug-likeness (QED) is 0.812. The third-order valence-electron chi connectivity index (χ3n) is 2.49. The van der Waals surface area contributed by atoms with Gasteiger partial charge in [0.15, 0.2) is 0 Å².